The minimum atomic E-state index is -6.00. The van der Waals surface area contributed by atoms with Crippen LogP contribution in [0.3, 0.4) is 0 Å². The normalized spacial score (nSPS) is 34.0. The molecule has 0 spiro atoms. The second-order valence-electron chi connectivity index (χ2n) is 6.97. The van der Waals surface area contributed by atoms with E-state index >= 15 is 0 Å². The Kier molecular flexibility index (Phi) is 4.14. The van der Waals surface area contributed by atoms with E-state index in [9.17, 15) is 31.6 Å². The van der Waals surface area contributed by atoms with Crippen LogP contribution in [0.4, 0.5) is 8.78 Å². The quantitative estimate of drug-likeness (QED) is 0.544. The minimum Gasteiger partial charge on any atom is -0.456 e. The molecular formula is C14H16F2O8S. The number of ether oxygens (including phenoxy) is 2. The second kappa shape index (κ2) is 5.70. The Hall–Kier alpha value is -1.62. The lowest BCUT2D eigenvalue weighted by Crippen LogP contribution is -2.57. The number of carbonyl (C=O) groups is 3. The number of ketones is 1. The summed E-state index contributed by atoms with van der Waals surface area (Å²) in [6.07, 6.45) is 2.79. The van der Waals surface area contributed by atoms with Gasteiger partial charge in [-0.05, 0) is 38.0 Å². The lowest BCUT2D eigenvalue weighted by Gasteiger charge is -2.54. The first-order valence-corrected chi connectivity index (χ1v) is 9.15. The van der Waals surface area contributed by atoms with Gasteiger partial charge in [0.2, 0.25) is 0 Å². The highest BCUT2D eigenvalue weighted by Crippen LogP contribution is 2.55. The molecule has 0 saturated heterocycles. The summed E-state index contributed by atoms with van der Waals surface area (Å²) in [4.78, 5) is 35.0. The van der Waals surface area contributed by atoms with E-state index in [1.807, 2.05) is 0 Å². The van der Waals surface area contributed by atoms with Crippen molar-refractivity contribution in [3.63, 3.8) is 0 Å². The van der Waals surface area contributed by atoms with Crippen molar-refractivity contribution in [2.45, 2.75) is 43.0 Å². The zero-order valence-corrected chi connectivity index (χ0v) is 13.8. The first-order valence-electron chi connectivity index (χ1n) is 7.71. The summed E-state index contributed by atoms with van der Waals surface area (Å²) in [7, 11) is -6.00. The molecule has 0 radical (unpaired) electrons. The molecule has 4 rings (SSSR count). The van der Waals surface area contributed by atoms with Crippen molar-refractivity contribution in [3.05, 3.63) is 0 Å². The van der Waals surface area contributed by atoms with Crippen LogP contribution in [-0.2, 0) is 34.0 Å². The van der Waals surface area contributed by atoms with Gasteiger partial charge in [0.1, 0.15) is 11.4 Å². The highest BCUT2D eigenvalue weighted by atomic mass is 32.2. The third-order valence-electron chi connectivity index (χ3n) is 5.15. The van der Waals surface area contributed by atoms with Crippen molar-refractivity contribution in [2.24, 2.45) is 17.8 Å². The van der Waals surface area contributed by atoms with Crippen LogP contribution < -0.4 is 0 Å². The molecule has 1 N–H and O–H groups in total. The van der Waals surface area contributed by atoms with Crippen LogP contribution in [0.15, 0.2) is 0 Å². The van der Waals surface area contributed by atoms with E-state index in [-0.39, 0.29) is 23.5 Å². The van der Waals surface area contributed by atoms with E-state index in [1.54, 1.807) is 0 Å². The van der Waals surface area contributed by atoms with E-state index in [0.717, 1.165) is 12.8 Å². The third kappa shape index (κ3) is 3.14. The molecule has 8 nitrogen and oxygen atoms in total. The van der Waals surface area contributed by atoms with Gasteiger partial charge in [-0.2, -0.15) is 17.2 Å². The lowest BCUT2D eigenvalue weighted by atomic mass is 9.53. The second-order valence-corrected chi connectivity index (χ2v) is 8.43. The van der Waals surface area contributed by atoms with E-state index < -0.39 is 39.5 Å². The summed E-state index contributed by atoms with van der Waals surface area (Å²) in [5, 5.41) is -5.17. The molecule has 0 aromatic rings. The monoisotopic (exact) mass is 382 g/mol. The molecule has 0 heterocycles. The molecular weight excluding hydrogens is 366 g/mol. The molecule has 4 aliphatic carbocycles. The molecule has 11 heteroatoms. The summed E-state index contributed by atoms with van der Waals surface area (Å²) in [5.41, 5.74) is -0.862. The summed E-state index contributed by atoms with van der Waals surface area (Å²) in [6, 6.07) is 0. The maximum atomic E-state index is 13.0. The van der Waals surface area contributed by atoms with Gasteiger partial charge in [0, 0.05) is 11.8 Å². The van der Waals surface area contributed by atoms with Gasteiger partial charge in [-0.15, -0.1) is 0 Å². The predicted octanol–water partition coefficient (Wildman–Crippen LogP) is 0.701. The van der Waals surface area contributed by atoms with Crippen molar-refractivity contribution in [3.8, 4) is 0 Å². The SMILES string of the molecule is O=C(COC(=O)C(F)(F)S(=O)(=O)O)OC12CC3CC(C1)C(=O)C(C3)C2. The van der Waals surface area contributed by atoms with Crippen LogP contribution >= 0.6 is 0 Å². The van der Waals surface area contributed by atoms with E-state index in [4.69, 9.17) is 9.29 Å². The van der Waals surface area contributed by atoms with Crippen LogP contribution in [0.25, 0.3) is 0 Å². The number of Topliss-reactive ketones (excluding diaryl/α,β-unsaturated/α-hetero) is 1. The number of alkyl halides is 2. The predicted molar refractivity (Wildman–Crippen MR) is 74.8 cm³/mol. The van der Waals surface area contributed by atoms with Gasteiger partial charge in [-0.1, -0.05) is 0 Å². The molecule has 4 bridgehead atoms. The zero-order chi connectivity index (χ0) is 18.6. The molecule has 0 aliphatic heterocycles. The number of esters is 2. The van der Waals surface area contributed by atoms with Crippen molar-refractivity contribution in [1.82, 2.24) is 0 Å². The highest BCUT2D eigenvalue weighted by Gasteiger charge is 2.57. The molecule has 0 aromatic carbocycles. The van der Waals surface area contributed by atoms with Crippen LogP contribution in [0, 0.1) is 17.8 Å². The van der Waals surface area contributed by atoms with Gasteiger partial charge >= 0.3 is 27.3 Å². The van der Waals surface area contributed by atoms with Gasteiger partial charge < -0.3 is 9.47 Å². The van der Waals surface area contributed by atoms with Gasteiger partial charge in [0.25, 0.3) is 0 Å². The number of hydrogen-bond donors (Lipinski definition) is 1. The Balaban J connectivity index is 1.59. The topological polar surface area (TPSA) is 124 Å². The molecule has 25 heavy (non-hydrogen) atoms. The molecule has 4 aliphatic rings. The average molecular weight is 382 g/mol. The number of halogens is 2. The van der Waals surface area contributed by atoms with Crippen LogP contribution in [0.1, 0.15) is 32.1 Å². The zero-order valence-electron chi connectivity index (χ0n) is 12.9. The molecule has 0 aromatic heterocycles. The minimum absolute atomic E-state index is 0.168. The van der Waals surface area contributed by atoms with Gasteiger partial charge in [-0.25, -0.2) is 9.59 Å². The number of hydrogen-bond acceptors (Lipinski definition) is 7. The summed E-state index contributed by atoms with van der Waals surface area (Å²) >= 11 is 0. The van der Waals surface area contributed by atoms with Gasteiger partial charge in [-0.3, -0.25) is 9.35 Å². The average Bonchev–Trinajstić information content (AvgIpc) is 2.47. The maximum absolute atomic E-state index is 13.0. The fraction of sp³-hybridized carbons (Fsp3) is 0.786. The number of carbonyl (C=O) groups excluding carboxylic acids is 3. The first kappa shape index (κ1) is 18.2. The fourth-order valence-corrected chi connectivity index (χ4v) is 4.65. The Morgan fingerprint density at radius 1 is 1.20 bits per heavy atom. The van der Waals surface area contributed by atoms with E-state index in [2.05, 4.69) is 4.74 Å². The molecule has 140 valence electrons. The summed E-state index contributed by atoms with van der Waals surface area (Å²) in [6.45, 7) is -1.21. The van der Waals surface area contributed by atoms with Crippen molar-refractivity contribution >= 4 is 27.8 Å². The van der Waals surface area contributed by atoms with Crippen LogP contribution in [0.5, 0.6) is 0 Å². The largest absolute Gasteiger partial charge is 0.465 e. The highest BCUT2D eigenvalue weighted by molar-refractivity contribution is 7.87. The third-order valence-corrected chi connectivity index (χ3v) is 5.97. The maximum Gasteiger partial charge on any atom is 0.465 e. The molecule has 4 fully saturated rings. The van der Waals surface area contributed by atoms with Crippen LogP contribution in [0.2, 0.25) is 0 Å². The van der Waals surface area contributed by atoms with Crippen molar-refractivity contribution < 1.29 is 45.6 Å². The number of rotatable bonds is 5. The summed E-state index contributed by atoms with van der Waals surface area (Å²) < 4.78 is 64.5. The van der Waals surface area contributed by atoms with Gasteiger partial charge in [0.05, 0.1) is 0 Å². The molecule has 2 unspecified atom stereocenters. The summed E-state index contributed by atoms with van der Waals surface area (Å²) in [5.74, 6) is -3.59. The van der Waals surface area contributed by atoms with E-state index in [1.165, 1.54) is 0 Å². The van der Waals surface area contributed by atoms with Crippen LogP contribution in [-0.4, -0.2) is 48.2 Å². The molecule has 2 atom stereocenters. The molecule has 0 amide bonds. The van der Waals surface area contributed by atoms with Gasteiger partial charge in [0.15, 0.2) is 6.61 Å². The Morgan fingerprint density at radius 3 is 2.28 bits per heavy atom. The Labute approximate surface area is 141 Å². The van der Waals surface area contributed by atoms with Crippen molar-refractivity contribution in [1.29, 1.82) is 0 Å². The first-order chi connectivity index (χ1) is 11.4. The van der Waals surface area contributed by atoms with Crippen molar-refractivity contribution in [2.75, 3.05) is 6.61 Å². The molecule has 4 saturated carbocycles. The Morgan fingerprint density at radius 2 is 1.76 bits per heavy atom. The standard InChI is InChI=1S/C14H16F2O8S/c15-14(16,25(20,21)22)12(19)23-6-10(17)24-13-3-7-1-8(4-13)11(18)9(2-7)5-13/h7-9H,1-6H2,(H,20,21,22). The van der Waals surface area contributed by atoms with E-state index in [0.29, 0.717) is 19.3 Å². The fourth-order valence-electron chi connectivity index (χ4n) is 4.39. The lowest BCUT2D eigenvalue weighted by molar-refractivity contribution is -0.195. The smallest absolute Gasteiger partial charge is 0.456 e. The Bertz CT molecular complexity index is 713.